The Balaban J connectivity index is 1.26. The van der Waals surface area contributed by atoms with Gasteiger partial charge in [-0.2, -0.15) is 0 Å². The van der Waals surface area contributed by atoms with Crippen LogP contribution < -0.4 is 0 Å². The predicted molar refractivity (Wildman–Crippen MR) is 126 cm³/mol. The van der Waals surface area contributed by atoms with Crippen molar-refractivity contribution >= 4 is 0 Å². The summed E-state index contributed by atoms with van der Waals surface area (Å²) in [6, 6.07) is 0. The van der Waals surface area contributed by atoms with E-state index in [4.69, 9.17) is 4.74 Å². The second kappa shape index (κ2) is 12.7. The molecule has 0 heterocycles. The zero-order valence-electron chi connectivity index (χ0n) is 20.1. The van der Waals surface area contributed by atoms with Crippen LogP contribution in [0.5, 0.6) is 0 Å². The predicted octanol–water partition coefficient (Wildman–Crippen LogP) is 9.09. The van der Waals surface area contributed by atoms with E-state index in [1.165, 1.54) is 109 Å². The highest BCUT2D eigenvalue weighted by Crippen LogP contribution is 2.46. The fourth-order valence-electron chi connectivity index (χ4n) is 7.22. The van der Waals surface area contributed by atoms with Gasteiger partial charge in [-0.1, -0.05) is 116 Å². The Morgan fingerprint density at radius 3 is 1.69 bits per heavy atom. The van der Waals surface area contributed by atoms with E-state index in [2.05, 4.69) is 6.92 Å². The molecule has 0 aromatic heterocycles. The van der Waals surface area contributed by atoms with Crippen molar-refractivity contribution in [1.82, 2.24) is 0 Å². The SMILES string of the molecule is CCCCCCCC1CCC(CCC2CCC(C3(OC)CCCCC3)CC2)CC1. The minimum Gasteiger partial charge on any atom is -0.378 e. The van der Waals surface area contributed by atoms with Gasteiger partial charge in [0.05, 0.1) is 5.60 Å². The molecular weight excluding hydrogens is 352 g/mol. The molecule has 3 saturated carbocycles. The molecule has 0 aromatic carbocycles. The molecule has 3 fully saturated rings. The average molecular weight is 405 g/mol. The molecule has 3 rings (SSSR count). The highest BCUT2D eigenvalue weighted by atomic mass is 16.5. The minimum absolute atomic E-state index is 0.262. The van der Waals surface area contributed by atoms with Crippen molar-refractivity contribution in [2.45, 2.75) is 147 Å². The first-order valence-electron chi connectivity index (χ1n) is 13.8. The number of hydrogen-bond acceptors (Lipinski definition) is 1. The number of methoxy groups -OCH3 is 1. The van der Waals surface area contributed by atoms with Gasteiger partial charge in [0.25, 0.3) is 0 Å². The Morgan fingerprint density at radius 1 is 0.621 bits per heavy atom. The molecule has 3 aliphatic rings. The van der Waals surface area contributed by atoms with Gasteiger partial charge in [0.15, 0.2) is 0 Å². The van der Waals surface area contributed by atoms with Crippen molar-refractivity contribution < 1.29 is 4.74 Å². The molecule has 170 valence electrons. The van der Waals surface area contributed by atoms with Crippen LogP contribution in [0.2, 0.25) is 0 Å². The molecule has 29 heavy (non-hydrogen) atoms. The Morgan fingerprint density at radius 2 is 1.14 bits per heavy atom. The van der Waals surface area contributed by atoms with Crippen LogP contribution >= 0.6 is 0 Å². The van der Waals surface area contributed by atoms with Crippen molar-refractivity contribution in [2.75, 3.05) is 7.11 Å². The number of unbranched alkanes of at least 4 members (excludes halogenated alkanes) is 4. The van der Waals surface area contributed by atoms with Crippen LogP contribution in [0, 0.1) is 23.7 Å². The lowest BCUT2D eigenvalue weighted by Crippen LogP contribution is -2.43. The Bertz CT molecular complexity index is 408. The van der Waals surface area contributed by atoms with Crippen molar-refractivity contribution in [3.05, 3.63) is 0 Å². The molecule has 0 spiro atoms. The summed E-state index contributed by atoms with van der Waals surface area (Å²) in [7, 11) is 2.00. The average Bonchev–Trinajstić information content (AvgIpc) is 2.79. The molecular formula is C28H52O. The minimum atomic E-state index is 0.262. The summed E-state index contributed by atoms with van der Waals surface area (Å²) in [5.41, 5.74) is 0.262. The number of hydrogen-bond donors (Lipinski definition) is 0. The second-order valence-corrected chi connectivity index (χ2v) is 11.2. The Labute approximate surface area is 183 Å². The second-order valence-electron chi connectivity index (χ2n) is 11.2. The molecule has 0 aromatic rings. The standard InChI is InChI=1S/C28H52O/c1-3-4-5-6-8-11-24-12-14-25(15-13-24)16-17-26-18-20-27(21-19-26)28(29-2)22-9-7-10-23-28/h24-27H,3-23H2,1-2H3. The van der Waals surface area contributed by atoms with E-state index >= 15 is 0 Å². The molecule has 1 heteroatoms. The fraction of sp³-hybridized carbons (Fsp3) is 1.00. The summed E-state index contributed by atoms with van der Waals surface area (Å²) in [6.07, 6.45) is 30.8. The van der Waals surface area contributed by atoms with Gasteiger partial charge in [-0.25, -0.2) is 0 Å². The van der Waals surface area contributed by atoms with E-state index in [9.17, 15) is 0 Å². The lowest BCUT2D eigenvalue weighted by atomic mass is 9.67. The van der Waals surface area contributed by atoms with E-state index in [0.717, 1.165) is 23.7 Å². The van der Waals surface area contributed by atoms with Crippen LogP contribution in [0.3, 0.4) is 0 Å². The molecule has 0 amide bonds. The maximum Gasteiger partial charge on any atom is 0.0706 e. The smallest absolute Gasteiger partial charge is 0.0706 e. The summed E-state index contributed by atoms with van der Waals surface area (Å²) in [5.74, 6) is 4.02. The summed E-state index contributed by atoms with van der Waals surface area (Å²) in [5, 5.41) is 0. The monoisotopic (exact) mass is 404 g/mol. The zero-order chi connectivity index (χ0) is 20.4. The molecule has 3 aliphatic carbocycles. The summed E-state index contributed by atoms with van der Waals surface area (Å²) < 4.78 is 6.17. The van der Waals surface area contributed by atoms with Gasteiger partial charge in [0, 0.05) is 7.11 Å². The first kappa shape index (κ1) is 23.6. The van der Waals surface area contributed by atoms with E-state index in [0.29, 0.717) is 0 Å². The van der Waals surface area contributed by atoms with E-state index < -0.39 is 0 Å². The van der Waals surface area contributed by atoms with Crippen LogP contribution in [0.4, 0.5) is 0 Å². The molecule has 0 radical (unpaired) electrons. The number of ether oxygens (including phenoxy) is 1. The molecule has 0 N–H and O–H groups in total. The fourth-order valence-corrected chi connectivity index (χ4v) is 7.22. The number of rotatable bonds is 11. The van der Waals surface area contributed by atoms with Gasteiger partial charge in [-0.3, -0.25) is 0 Å². The first-order valence-corrected chi connectivity index (χ1v) is 13.8. The Hall–Kier alpha value is -0.0400. The van der Waals surface area contributed by atoms with Crippen molar-refractivity contribution in [1.29, 1.82) is 0 Å². The third-order valence-electron chi connectivity index (χ3n) is 9.36. The Kier molecular flexibility index (Phi) is 10.4. The van der Waals surface area contributed by atoms with Crippen LogP contribution in [-0.2, 0) is 4.74 Å². The van der Waals surface area contributed by atoms with Crippen molar-refractivity contribution in [2.24, 2.45) is 23.7 Å². The first-order chi connectivity index (χ1) is 14.3. The molecule has 0 bridgehead atoms. The topological polar surface area (TPSA) is 9.23 Å². The maximum atomic E-state index is 6.17. The lowest BCUT2D eigenvalue weighted by molar-refractivity contribution is -0.0972. The summed E-state index contributed by atoms with van der Waals surface area (Å²) in [4.78, 5) is 0. The normalized spacial score (nSPS) is 32.9. The van der Waals surface area contributed by atoms with Gasteiger partial charge < -0.3 is 4.74 Å². The quantitative estimate of drug-likeness (QED) is 0.312. The molecule has 0 saturated heterocycles. The molecule has 0 aliphatic heterocycles. The van der Waals surface area contributed by atoms with Gasteiger partial charge in [0.1, 0.15) is 0 Å². The van der Waals surface area contributed by atoms with E-state index in [-0.39, 0.29) is 5.60 Å². The van der Waals surface area contributed by atoms with Crippen LogP contribution in [0.25, 0.3) is 0 Å². The van der Waals surface area contributed by atoms with E-state index in [1.807, 2.05) is 7.11 Å². The molecule has 0 unspecified atom stereocenters. The third-order valence-corrected chi connectivity index (χ3v) is 9.36. The van der Waals surface area contributed by atoms with Crippen LogP contribution in [0.1, 0.15) is 142 Å². The largest absolute Gasteiger partial charge is 0.378 e. The summed E-state index contributed by atoms with van der Waals surface area (Å²) >= 11 is 0. The highest BCUT2D eigenvalue weighted by molar-refractivity contribution is 4.93. The highest BCUT2D eigenvalue weighted by Gasteiger charge is 2.41. The lowest BCUT2D eigenvalue weighted by Gasteiger charge is -2.45. The van der Waals surface area contributed by atoms with Crippen molar-refractivity contribution in [3.63, 3.8) is 0 Å². The maximum absolute atomic E-state index is 6.17. The molecule has 1 nitrogen and oxygen atoms in total. The molecule has 0 atom stereocenters. The van der Waals surface area contributed by atoms with Gasteiger partial charge in [-0.15, -0.1) is 0 Å². The van der Waals surface area contributed by atoms with Crippen LogP contribution in [-0.4, -0.2) is 12.7 Å². The van der Waals surface area contributed by atoms with Gasteiger partial charge in [0.2, 0.25) is 0 Å². The van der Waals surface area contributed by atoms with Gasteiger partial charge in [-0.05, 0) is 49.4 Å². The zero-order valence-corrected chi connectivity index (χ0v) is 20.1. The summed E-state index contributed by atoms with van der Waals surface area (Å²) in [6.45, 7) is 2.32. The van der Waals surface area contributed by atoms with Crippen molar-refractivity contribution in [3.8, 4) is 0 Å². The van der Waals surface area contributed by atoms with Gasteiger partial charge >= 0.3 is 0 Å². The third kappa shape index (κ3) is 7.26. The van der Waals surface area contributed by atoms with Crippen LogP contribution in [0.15, 0.2) is 0 Å². The van der Waals surface area contributed by atoms with E-state index in [1.54, 1.807) is 25.7 Å².